The molecule has 2 rings (SSSR count). The van der Waals surface area contributed by atoms with Gasteiger partial charge < -0.3 is 20.1 Å². The fourth-order valence-electron chi connectivity index (χ4n) is 2.50. The van der Waals surface area contributed by atoms with Crippen LogP contribution in [-0.4, -0.2) is 47.6 Å². The molecule has 0 radical (unpaired) electrons. The number of carbonyl (C=O) groups excluding carboxylic acids is 2. The van der Waals surface area contributed by atoms with Gasteiger partial charge >= 0.3 is 12.1 Å². The van der Waals surface area contributed by atoms with E-state index in [1.807, 2.05) is 60.7 Å². The van der Waals surface area contributed by atoms with E-state index in [9.17, 15) is 14.4 Å². The summed E-state index contributed by atoms with van der Waals surface area (Å²) in [6, 6.07) is 17.4. The second-order valence-corrected chi connectivity index (χ2v) is 6.04. The molecule has 2 aromatic rings. The van der Waals surface area contributed by atoms with Crippen molar-refractivity contribution < 1.29 is 24.2 Å². The number of aliphatic carboxylic acids is 1. The van der Waals surface area contributed by atoms with Gasteiger partial charge in [-0.05, 0) is 11.1 Å². The first-order valence-electron chi connectivity index (χ1n) is 8.43. The molecule has 7 heteroatoms. The zero-order valence-corrected chi connectivity index (χ0v) is 15.0. The van der Waals surface area contributed by atoms with Crippen molar-refractivity contribution in [1.82, 2.24) is 10.2 Å². The monoisotopic (exact) mass is 370 g/mol. The van der Waals surface area contributed by atoms with Crippen molar-refractivity contribution in [1.29, 1.82) is 0 Å². The lowest BCUT2D eigenvalue weighted by Crippen LogP contribution is -2.49. The van der Waals surface area contributed by atoms with Gasteiger partial charge in [-0.25, -0.2) is 4.79 Å². The van der Waals surface area contributed by atoms with Crippen LogP contribution in [-0.2, 0) is 27.4 Å². The fourth-order valence-corrected chi connectivity index (χ4v) is 2.50. The highest BCUT2D eigenvalue weighted by Gasteiger charge is 2.26. The minimum Gasteiger partial charge on any atom is -0.480 e. The number of nitrogens with one attached hydrogen (secondary N) is 1. The number of ether oxygens (including phenoxy) is 1. The van der Waals surface area contributed by atoms with E-state index in [1.165, 1.54) is 7.05 Å². The van der Waals surface area contributed by atoms with E-state index in [-0.39, 0.29) is 13.0 Å². The van der Waals surface area contributed by atoms with Crippen molar-refractivity contribution in [2.75, 3.05) is 13.6 Å². The zero-order valence-electron chi connectivity index (χ0n) is 15.0. The molecule has 27 heavy (non-hydrogen) atoms. The topological polar surface area (TPSA) is 95.9 Å². The van der Waals surface area contributed by atoms with Crippen LogP contribution < -0.4 is 5.32 Å². The SMILES string of the molecule is CN(CC(=O)O)C(=O)[C@H](Cc1ccccc1)NC(=O)OCc1ccccc1. The average molecular weight is 370 g/mol. The number of hydrogen-bond donors (Lipinski definition) is 2. The summed E-state index contributed by atoms with van der Waals surface area (Å²) in [7, 11) is 1.38. The maximum absolute atomic E-state index is 12.6. The first-order valence-corrected chi connectivity index (χ1v) is 8.43. The number of carboxylic acid groups (broad SMARTS) is 1. The molecule has 2 aromatic carbocycles. The number of carbonyl (C=O) groups is 3. The minimum atomic E-state index is -1.13. The Bertz CT molecular complexity index is 764. The molecule has 0 spiro atoms. The van der Waals surface area contributed by atoms with E-state index in [4.69, 9.17) is 9.84 Å². The van der Waals surface area contributed by atoms with E-state index in [0.717, 1.165) is 16.0 Å². The lowest BCUT2D eigenvalue weighted by Gasteiger charge is -2.23. The van der Waals surface area contributed by atoms with Crippen LogP contribution >= 0.6 is 0 Å². The molecule has 0 bridgehead atoms. The van der Waals surface area contributed by atoms with Crippen molar-refractivity contribution in [3.8, 4) is 0 Å². The summed E-state index contributed by atoms with van der Waals surface area (Å²) in [6.07, 6.45) is -0.513. The number of carboxylic acids is 1. The lowest BCUT2D eigenvalue weighted by atomic mass is 10.1. The normalized spacial score (nSPS) is 11.3. The second-order valence-electron chi connectivity index (χ2n) is 6.04. The molecule has 2 amide bonds. The van der Waals surface area contributed by atoms with Crippen molar-refractivity contribution in [2.45, 2.75) is 19.1 Å². The van der Waals surface area contributed by atoms with Crippen LogP contribution in [0.4, 0.5) is 4.79 Å². The van der Waals surface area contributed by atoms with Gasteiger partial charge in [0.1, 0.15) is 19.2 Å². The third-order valence-corrected chi connectivity index (χ3v) is 3.83. The van der Waals surface area contributed by atoms with Gasteiger partial charge in [0.2, 0.25) is 5.91 Å². The fraction of sp³-hybridized carbons (Fsp3) is 0.250. The minimum absolute atomic E-state index is 0.0733. The second kappa shape index (κ2) is 9.96. The Balaban J connectivity index is 2.02. The lowest BCUT2D eigenvalue weighted by molar-refractivity contribution is -0.144. The Hall–Kier alpha value is -3.35. The van der Waals surface area contributed by atoms with E-state index in [2.05, 4.69) is 5.32 Å². The molecule has 0 fully saturated rings. The third kappa shape index (κ3) is 6.81. The van der Waals surface area contributed by atoms with Crippen LogP contribution in [0.25, 0.3) is 0 Å². The summed E-state index contributed by atoms with van der Waals surface area (Å²) >= 11 is 0. The summed E-state index contributed by atoms with van der Waals surface area (Å²) in [5.74, 6) is -1.63. The first-order chi connectivity index (χ1) is 13.0. The van der Waals surface area contributed by atoms with Crippen LogP contribution in [0, 0.1) is 0 Å². The Morgan fingerprint density at radius 2 is 1.56 bits per heavy atom. The summed E-state index contributed by atoms with van der Waals surface area (Å²) in [4.78, 5) is 36.7. The van der Waals surface area contributed by atoms with Crippen LogP contribution in [0.1, 0.15) is 11.1 Å². The van der Waals surface area contributed by atoms with Gasteiger partial charge in [-0.2, -0.15) is 0 Å². The van der Waals surface area contributed by atoms with Gasteiger partial charge in [0, 0.05) is 13.5 Å². The van der Waals surface area contributed by atoms with Crippen LogP contribution in [0.3, 0.4) is 0 Å². The highest BCUT2D eigenvalue weighted by molar-refractivity contribution is 5.88. The zero-order chi connectivity index (χ0) is 19.6. The summed E-state index contributed by atoms with van der Waals surface area (Å²) < 4.78 is 5.17. The Morgan fingerprint density at radius 3 is 2.11 bits per heavy atom. The van der Waals surface area contributed by atoms with E-state index >= 15 is 0 Å². The third-order valence-electron chi connectivity index (χ3n) is 3.83. The molecule has 0 aliphatic carbocycles. The Morgan fingerprint density at radius 1 is 1.00 bits per heavy atom. The molecule has 2 N–H and O–H groups in total. The molecule has 7 nitrogen and oxygen atoms in total. The van der Waals surface area contributed by atoms with Gasteiger partial charge in [-0.1, -0.05) is 60.7 Å². The predicted molar refractivity (Wildman–Crippen MR) is 99.0 cm³/mol. The van der Waals surface area contributed by atoms with Crippen molar-refractivity contribution in [2.24, 2.45) is 0 Å². The number of amides is 2. The number of hydrogen-bond acceptors (Lipinski definition) is 4. The molecule has 0 aliphatic heterocycles. The van der Waals surface area contributed by atoms with Gasteiger partial charge in [0.25, 0.3) is 0 Å². The molecular formula is C20H22N2O5. The Labute approximate surface area is 157 Å². The van der Waals surface area contributed by atoms with Crippen molar-refractivity contribution in [3.63, 3.8) is 0 Å². The highest BCUT2D eigenvalue weighted by Crippen LogP contribution is 2.07. The molecule has 0 heterocycles. The average Bonchev–Trinajstić information content (AvgIpc) is 2.66. The van der Waals surface area contributed by atoms with Crippen molar-refractivity contribution in [3.05, 3.63) is 71.8 Å². The van der Waals surface area contributed by atoms with E-state index in [0.29, 0.717) is 0 Å². The molecule has 1 atom stereocenters. The smallest absolute Gasteiger partial charge is 0.408 e. The predicted octanol–water partition coefficient (Wildman–Crippen LogP) is 2.07. The molecule has 0 unspecified atom stereocenters. The van der Waals surface area contributed by atoms with Gasteiger partial charge in [-0.15, -0.1) is 0 Å². The molecule has 0 saturated heterocycles. The number of nitrogens with zero attached hydrogens (tertiary/aromatic N) is 1. The number of likely N-dealkylation sites (N-methyl/N-ethyl adjacent to an activating group) is 1. The van der Waals surface area contributed by atoms with Gasteiger partial charge in [0.15, 0.2) is 0 Å². The first kappa shape index (κ1) is 20.0. The maximum atomic E-state index is 12.6. The highest BCUT2D eigenvalue weighted by atomic mass is 16.5. The molecule has 0 aromatic heterocycles. The molecule has 142 valence electrons. The van der Waals surface area contributed by atoms with Crippen LogP contribution in [0.5, 0.6) is 0 Å². The summed E-state index contributed by atoms with van der Waals surface area (Å²) in [5.41, 5.74) is 1.66. The van der Waals surface area contributed by atoms with Crippen LogP contribution in [0.2, 0.25) is 0 Å². The maximum Gasteiger partial charge on any atom is 0.408 e. The molecule has 0 saturated carbocycles. The number of rotatable bonds is 8. The van der Waals surface area contributed by atoms with E-state index < -0.39 is 30.6 Å². The summed E-state index contributed by atoms with van der Waals surface area (Å²) in [5, 5.41) is 11.4. The number of alkyl carbamates (subject to hydrolysis) is 1. The van der Waals surface area contributed by atoms with E-state index in [1.54, 1.807) is 0 Å². The van der Waals surface area contributed by atoms with Crippen LogP contribution in [0.15, 0.2) is 60.7 Å². The number of benzene rings is 2. The van der Waals surface area contributed by atoms with Gasteiger partial charge in [0.05, 0.1) is 0 Å². The summed E-state index contributed by atoms with van der Waals surface area (Å²) in [6.45, 7) is -0.380. The molecule has 0 aliphatic rings. The van der Waals surface area contributed by atoms with Gasteiger partial charge in [-0.3, -0.25) is 9.59 Å². The standard InChI is InChI=1S/C20H22N2O5/c1-22(13-18(23)24)19(25)17(12-15-8-4-2-5-9-15)21-20(26)27-14-16-10-6-3-7-11-16/h2-11,17H,12-14H2,1H3,(H,21,26)(H,23,24)/t17-/m0/s1. The molecular weight excluding hydrogens is 348 g/mol. The quantitative estimate of drug-likeness (QED) is 0.742. The Kier molecular flexibility index (Phi) is 7.37. The largest absolute Gasteiger partial charge is 0.480 e. The van der Waals surface area contributed by atoms with Crippen molar-refractivity contribution >= 4 is 18.0 Å².